The van der Waals surface area contributed by atoms with E-state index in [1.54, 1.807) is 0 Å². The van der Waals surface area contributed by atoms with Crippen LogP contribution in [0.15, 0.2) is 22.7 Å². The third-order valence-corrected chi connectivity index (χ3v) is 3.38. The monoisotopic (exact) mass is 266 g/mol. The summed E-state index contributed by atoms with van der Waals surface area (Å²) >= 11 is 3.60. The van der Waals surface area contributed by atoms with Gasteiger partial charge in [0.2, 0.25) is 0 Å². The summed E-state index contributed by atoms with van der Waals surface area (Å²) in [5.74, 6) is 0. The van der Waals surface area contributed by atoms with Gasteiger partial charge in [-0.05, 0) is 44.0 Å². The van der Waals surface area contributed by atoms with Gasteiger partial charge >= 0.3 is 0 Å². The molecular formula is C12H15BrN2. The van der Waals surface area contributed by atoms with Crippen molar-refractivity contribution in [3.05, 3.63) is 33.9 Å². The molecule has 0 amide bonds. The van der Waals surface area contributed by atoms with Crippen molar-refractivity contribution in [2.24, 2.45) is 5.73 Å². The summed E-state index contributed by atoms with van der Waals surface area (Å²) in [4.78, 5) is 3.41. The van der Waals surface area contributed by atoms with E-state index in [4.69, 9.17) is 5.73 Å². The zero-order valence-electron chi connectivity index (χ0n) is 8.81. The van der Waals surface area contributed by atoms with Crippen molar-refractivity contribution in [3.8, 4) is 0 Å². The molecule has 0 unspecified atom stereocenters. The number of H-pyrrole nitrogens is 1. The number of halogens is 1. The fraction of sp³-hybridized carbons (Fsp3) is 0.333. The Morgan fingerprint density at radius 1 is 1.40 bits per heavy atom. The van der Waals surface area contributed by atoms with Crippen molar-refractivity contribution in [1.29, 1.82) is 0 Å². The van der Waals surface area contributed by atoms with Crippen LogP contribution < -0.4 is 5.73 Å². The van der Waals surface area contributed by atoms with Gasteiger partial charge < -0.3 is 10.7 Å². The Balaban J connectivity index is 2.55. The lowest BCUT2D eigenvalue weighted by molar-refractivity contribution is 0.831. The maximum atomic E-state index is 5.56. The third-order valence-electron chi connectivity index (χ3n) is 2.72. The highest BCUT2D eigenvalue weighted by Crippen LogP contribution is 2.29. The van der Waals surface area contributed by atoms with Crippen molar-refractivity contribution in [3.63, 3.8) is 0 Å². The molecule has 0 saturated heterocycles. The molecule has 0 aliphatic carbocycles. The molecule has 1 heterocycles. The van der Waals surface area contributed by atoms with E-state index >= 15 is 0 Å². The van der Waals surface area contributed by atoms with Gasteiger partial charge in [-0.25, -0.2) is 0 Å². The second-order valence-corrected chi connectivity index (χ2v) is 4.64. The minimum absolute atomic E-state index is 0.747. The molecule has 80 valence electrons. The lowest BCUT2D eigenvalue weighted by Crippen LogP contribution is -2.00. The molecule has 0 aliphatic rings. The predicted octanol–water partition coefficient (Wildman–Crippen LogP) is 3.13. The lowest BCUT2D eigenvalue weighted by Gasteiger charge is -2.01. The molecule has 0 bridgehead atoms. The number of hydrogen-bond donors (Lipinski definition) is 2. The van der Waals surface area contributed by atoms with Gasteiger partial charge in [-0.1, -0.05) is 22.0 Å². The van der Waals surface area contributed by atoms with Crippen LogP contribution in [0, 0.1) is 6.92 Å². The van der Waals surface area contributed by atoms with Crippen LogP contribution in [0.2, 0.25) is 0 Å². The smallest absolute Gasteiger partial charge is 0.0470 e. The number of hydrogen-bond acceptors (Lipinski definition) is 1. The maximum absolute atomic E-state index is 5.56. The van der Waals surface area contributed by atoms with Gasteiger partial charge in [-0.3, -0.25) is 0 Å². The van der Waals surface area contributed by atoms with Crippen molar-refractivity contribution in [2.75, 3.05) is 6.54 Å². The van der Waals surface area contributed by atoms with Crippen LogP contribution in [-0.2, 0) is 6.42 Å². The normalized spacial score (nSPS) is 11.1. The van der Waals surface area contributed by atoms with Gasteiger partial charge in [0.25, 0.3) is 0 Å². The summed E-state index contributed by atoms with van der Waals surface area (Å²) in [6, 6.07) is 6.25. The number of aromatic nitrogens is 1. The van der Waals surface area contributed by atoms with E-state index in [2.05, 4.69) is 46.0 Å². The highest BCUT2D eigenvalue weighted by atomic mass is 79.9. The summed E-state index contributed by atoms with van der Waals surface area (Å²) in [6.45, 7) is 2.87. The summed E-state index contributed by atoms with van der Waals surface area (Å²) < 4.78 is 1.16. The standard InChI is InChI=1S/C12H15BrN2/c1-8-9(4-3-7-14)12-10(13)5-2-6-11(12)15-8/h2,5-6,15H,3-4,7,14H2,1H3. The zero-order chi connectivity index (χ0) is 10.8. The molecule has 0 radical (unpaired) electrons. The topological polar surface area (TPSA) is 41.8 Å². The van der Waals surface area contributed by atoms with Crippen LogP contribution >= 0.6 is 15.9 Å². The average Bonchev–Trinajstić information content (AvgIpc) is 2.53. The predicted molar refractivity (Wildman–Crippen MR) is 68.1 cm³/mol. The van der Waals surface area contributed by atoms with E-state index < -0.39 is 0 Å². The van der Waals surface area contributed by atoms with Gasteiger partial charge in [0.05, 0.1) is 0 Å². The molecule has 2 nitrogen and oxygen atoms in total. The van der Waals surface area contributed by atoms with Gasteiger partial charge in [0.15, 0.2) is 0 Å². The molecule has 3 N–H and O–H groups in total. The Hall–Kier alpha value is -0.800. The Labute approximate surface area is 98.0 Å². The molecular weight excluding hydrogens is 252 g/mol. The second-order valence-electron chi connectivity index (χ2n) is 3.78. The Kier molecular flexibility index (Phi) is 3.12. The number of aryl methyl sites for hydroxylation is 2. The first-order valence-corrected chi connectivity index (χ1v) is 5.99. The van der Waals surface area contributed by atoms with E-state index in [0.29, 0.717) is 0 Å². The second kappa shape index (κ2) is 4.37. The van der Waals surface area contributed by atoms with Crippen molar-refractivity contribution < 1.29 is 0 Å². The Morgan fingerprint density at radius 2 is 2.20 bits per heavy atom. The van der Waals surface area contributed by atoms with Crippen molar-refractivity contribution >= 4 is 26.8 Å². The fourth-order valence-corrected chi connectivity index (χ4v) is 2.60. The quantitative estimate of drug-likeness (QED) is 0.881. The highest BCUT2D eigenvalue weighted by molar-refractivity contribution is 9.10. The SMILES string of the molecule is Cc1[nH]c2cccc(Br)c2c1CCCN. The Morgan fingerprint density at radius 3 is 2.93 bits per heavy atom. The number of nitrogens with one attached hydrogen (secondary N) is 1. The minimum Gasteiger partial charge on any atom is -0.358 e. The van der Waals surface area contributed by atoms with Gasteiger partial charge in [0, 0.05) is 21.1 Å². The van der Waals surface area contributed by atoms with Crippen LogP contribution in [-0.4, -0.2) is 11.5 Å². The molecule has 2 rings (SSSR count). The summed E-state index contributed by atoms with van der Waals surface area (Å²) in [5.41, 5.74) is 9.40. The van der Waals surface area contributed by atoms with E-state index in [1.165, 1.54) is 22.2 Å². The molecule has 0 aliphatic heterocycles. The molecule has 0 saturated carbocycles. The highest BCUT2D eigenvalue weighted by Gasteiger charge is 2.09. The van der Waals surface area contributed by atoms with Gasteiger partial charge in [0.1, 0.15) is 0 Å². The molecule has 1 aromatic heterocycles. The molecule has 0 spiro atoms. The number of aromatic amines is 1. The molecule has 3 heteroatoms. The summed E-state index contributed by atoms with van der Waals surface area (Å²) in [6.07, 6.45) is 2.08. The molecule has 15 heavy (non-hydrogen) atoms. The fourth-order valence-electron chi connectivity index (χ4n) is 1.99. The number of benzene rings is 1. The number of nitrogens with two attached hydrogens (primary N) is 1. The minimum atomic E-state index is 0.747. The van der Waals surface area contributed by atoms with Crippen LogP contribution in [0.4, 0.5) is 0 Å². The molecule has 0 atom stereocenters. The number of rotatable bonds is 3. The van der Waals surface area contributed by atoms with E-state index in [1.807, 2.05) is 0 Å². The van der Waals surface area contributed by atoms with Gasteiger partial charge in [-0.2, -0.15) is 0 Å². The third kappa shape index (κ3) is 1.94. The molecule has 2 aromatic rings. The average molecular weight is 267 g/mol. The lowest BCUT2D eigenvalue weighted by atomic mass is 10.1. The first-order valence-electron chi connectivity index (χ1n) is 5.19. The summed E-state index contributed by atoms with van der Waals surface area (Å²) in [7, 11) is 0. The molecule has 0 fully saturated rings. The number of fused-ring (bicyclic) bond motifs is 1. The Bertz CT molecular complexity index is 474. The first kappa shape index (κ1) is 10.7. The largest absolute Gasteiger partial charge is 0.358 e. The van der Waals surface area contributed by atoms with Crippen LogP contribution in [0.1, 0.15) is 17.7 Å². The summed E-state index contributed by atoms with van der Waals surface area (Å²) in [5, 5.41) is 1.31. The van der Waals surface area contributed by atoms with E-state index in [9.17, 15) is 0 Å². The van der Waals surface area contributed by atoms with Crippen LogP contribution in [0.5, 0.6) is 0 Å². The van der Waals surface area contributed by atoms with Crippen LogP contribution in [0.3, 0.4) is 0 Å². The van der Waals surface area contributed by atoms with Crippen LogP contribution in [0.25, 0.3) is 10.9 Å². The van der Waals surface area contributed by atoms with Gasteiger partial charge in [-0.15, -0.1) is 0 Å². The van der Waals surface area contributed by atoms with Crippen molar-refractivity contribution in [1.82, 2.24) is 4.98 Å². The zero-order valence-corrected chi connectivity index (χ0v) is 10.4. The first-order chi connectivity index (χ1) is 7.24. The maximum Gasteiger partial charge on any atom is 0.0470 e. The molecule has 1 aromatic carbocycles. The van der Waals surface area contributed by atoms with Crippen molar-refractivity contribution in [2.45, 2.75) is 19.8 Å². The van der Waals surface area contributed by atoms with E-state index in [-0.39, 0.29) is 0 Å². The van der Waals surface area contributed by atoms with E-state index in [0.717, 1.165) is 23.9 Å².